The molecule has 0 amide bonds. The van der Waals surface area contributed by atoms with Crippen LogP contribution in [0.4, 0.5) is 0 Å². The van der Waals surface area contributed by atoms with Crippen molar-refractivity contribution >= 4 is 17.7 Å². The molecule has 0 fully saturated rings. The van der Waals surface area contributed by atoms with Gasteiger partial charge in [0.25, 0.3) is 6.72 Å². The molecule has 0 aliphatic heterocycles. The Kier molecular flexibility index (Phi) is 2.93. The van der Waals surface area contributed by atoms with Crippen LogP contribution in [-0.2, 0) is 10.9 Å². The molecule has 0 aliphatic rings. The average molecular weight is 208 g/mol. The van der Waals surface area contributed by atoms with Crippen LogP contribution in [0.1, 0.15) is 0 Å². The first-order valence-electron chi connectivity index (χ1n) is 3.07. The highest BCUT2D eigenvalue weighted by atomic mass is 32.5. The molecule has 0 radical (unpaired) electrons. The summed E-state index contributed by atoms with van der Waals surface area (Å²) in [5, 5.41) is 8.87. The molecule has 1 rings (SSSR count). The van der Waals surface area contributed by atoms with Crippen molar-refractivity contribution in [3.8, 4) is 5.75 Å². The monoisotopic (exact) mass is 208 g/mol. The Morgan fingerprint density at radius 1 is 1.00 bits per heavy atom. The van der Waals surface area contributed by atoms with Crippen molar-refractivity contribution in [3.05, 3.63) is 24.3 Å². The zero-order chi connectivity index (χ0) is 9.19. The van der Waals surface area contributed by atoms with Gasteiger partial charge in [-0.15, -0.1) is 0 Å². The van der Waals surface area contributed by atoms with E-state index in [-0.39, 0.29) is 16.7 Å². The third-order valence-corrected chi connectivity index (χ3v) is 3.39. The molecule has 0 heterocycles. The lowest BCUT2D eigenvalue weighted by Gasteiger charge is -2.02. The van der Waals surface area contributed by atoms with E-state index in [4.69, 9.17) is 19.8 Å². The molecule has 4 nitrogen and oxygen atoms in total. The summed E-state index contributed by atoms with van der Waals surface area (Å²) in [4.78, 5) is 26.6. The smallest absolute Gasteiger partial charge is 0.278 e. The molecule has 4 N–H and O–H groups in total. The lowest BCUT2D eigenvalue weighted by atomic mass is 10.3. The molecule has 1 aromatic carbocycles. The van der Waals surface area contributed by atoms with E-state index in [1.54, 1.807) is 0 Å². The van der Waals surface area contributed by atoms with Gasteiger partial charge in [0.15, 0.2) is 0 Å². The van der Waals surface area contributed by atoms with Gasteiger partial charge in [0.1, 0.15) is 5.75 Å². The molecule has 0 saturated carbocycles. The van der Waals surface area contributed by atoms with E-state index in [0.717, 1.165) is 0 Å². The second-order valence-electron chi connectivity index (χ2n) is 2.15. The molecule has 0 atom stereocenters. The average Bonchev–Trinajstić information content (AvgIpc) is 1.91. The van der Waals surface area contributed by atoms with Gasteiger partial charge in [-0.3, -0.25) is 0 Å². The van der Waals surface area contributed by atoms with E-state index in [9.17, 15) is 0 Å². The maximum absolute atomic E-state index is 8.87. The normalized spacial score (nSPS) is 11.6. The van der Waals surface area contributed by atoms with Crippen molar-refractivity contribution < 1.29 is 19.8 Å². The van der Waals surface area contributed by atoms with Crippen LogP contribution < -0.4 is 0 Å². The lowest BCUT2D eigenvalue weighted by molar-refractivity contribution is 0.363. The number of phenolic OH excluding ortho intramolecular Hbond substituents is 1. The van der Waals surface area contributed by atoms with Gasteiger partial charge in [0.2, 0.25) is 0 Å². The predicted octanol–water partition coefficient (Wildman–Crippen LogP) is 0.221. The van der Waals surface area contributed by atoms with Gasteiger partial charge >= 0.3 is 0 Å². The van der Waals surface area contributed by atoms with Crippen molar-refractivity contribution in [1.29, 1.82) is 0 Å². The fraction of sp³-hybridized carbons (Fsp3) is 0. The van der Waals surface area contributed by atoms with Crippen LogP contribution in [0.3, 0.4) is 0 Å². The van der Waals surface area contributed by atoms with E-state index < -0.39 is 6.72 Å². The molecule has 1 aromatic rings. The zero-order valence-electron chi connectivity index (χ0n) is 5.99. The number of hydrogen-bond acceptors (Lipinski definition) is 1. The standard InChI is InChI=1S/C6H9O4PS/c7-5-1-3-6(4-2-5)12-11(8,9)10/h1-4,7-10,12H. The van der Waals surface area contributed by atoms with Crippen molar-refractivity contribution in [2.24, 2.45) is 0 Å². The molecule has 6 heteroatoms. The minimum Gasteiger partial charge on any atom is -0.508 e. The number of thiol groups is 1. The number of rotatable bonds is 1. The van der Waals surface area contributed by atoms with Crippen LogP contribution in [0.2, 0.25) is 0 Å². The van der Waals surface area contributed by atoms with E-state index >= 15 is 0 Å². The minimum absolute atomic E-state index is 0.0765. The Morgan fingerprint density at radius 2 is 1.50 bits per heavy atom. The van der Waals surface area contributed by atoms with Crippen LogP contribution in [0.15, 0.2) is 29.2 Å². The van der Waals surface area contributed by atoms with E-state index in [1.165, 1.54) is 24.3 Å². The summed E-state index contributed by atoms with van der Waals surface area (Å²) in [6.07, 6.45) is 0. The molecule has 0 spiro atoms. The van der Waals surface area contributed by atoms with Gasteiger partial charge < -0.3 is 19.8 Å². The summed E-state index contributed by atoms with van der Waals surface area (Å²) in [6, 6.07) is 5.85. The molecule has 0 aliphatic carbocycles. The third kappa shape index (κ3) is 3.38. The molecule has 0 unspecified atom stereocenters. The zero-order valence-corrected chi connectivity index (χ0v) is 7.78. The highest BCUT2D eigenvalue weighted by molar-refractivity contribution is 8.16. The van der Waals surface area contributed by atoms with E-state index in [2.05, 4.69) is 0 Å². The first-order chi connectivity index (χ1) is 5.47. The Labute approximate surface area is 73.0 Å². The summed E-state index contributed by atoms with van der Waals surface area (Å²) in [5.41, 5.74) is 0. The fourth-order valence-electron chi connectivity index (χ4n) is 0.674. The number of hydrogen-bond donors (Lipinski definition) is 5. The van der Waals surface area contributed by atoms with Gasteiger partial charge in [-0.05, 0) is 24.3 Å². The molecule has 68 valence electrons. The number of phenols is 1. The van der Waals surface area contributed by atoms with Gasteiger partial charge in [-0.2, -0.15) is 0 Å². The highest BCUT2D eigenvalue weighted by Gasteiger charge is 2.00. The Balaban J connectivity index is 3.00. The van der Waals surface area contributed by atoms with Crippen LogP contribution in [0.5, 0.6) is 5.75 Å². The molecular weight excluding hydrogens is 199 g/mol. The molecule has 0 bridgehead atoms. The van der Waals surface area contributed by atoms with Gasteiger partial charge in [-0.25, -0.2) is 0 Å². The lowest BCUT2D eigenvalue weighted by Crippen LogP contribution is -1.78. The van der Waals surface area contributed by atoms with Crippen LogP contribution in [0.25, 0.3) is 0 Å². The van der Waals surface area contributed by atoms with Crippen LogP contribution >= 0.6 is 6.72 Å². The van der Waals surface area contributed by atoms with Gasteiger partial charge in [0.05, 0.1) is 0 Å². The maximum atomic E-state index is 8.87. The summed E-state index contributed by atoms with van der Waals surface area (Å²) in [7, 11) is 0.0765. The largest absolute Gasteiger partial charge is 0.508 e. The van der Waals surface area contributed by atoms with Crippen molar-refractivity contribution in [2.75, 3.05) is 0 Å². The predicted molar refractivity (Wildman–Crippen MR) is 48.7 cm³/mol. The molecule has 12 heavy (non-hydrogen) atoms. The summed E-state index contributed by atoms with van der Waals surface area (Å²) in [6.45, 7) is -3.76. The summed E-state index contributed by atoms with van der Waals surface area (Å²) >= 11 is 0. The van der Waals surface area contributed by atoms with E-state index in [1.807, 2.05) is 0 Å². The molecule has 0 saturated heterocycles. The van der Waals surface area contributed by atoms with Gasteiger partial charge in [-0.1, -0.05) is 10.9 Å². The maximum Gasteiger partial charge on any atom is 0.278 e. The van der Waals surface area contributed by atoms with E-state index in [0.29, 0.717) is 4.90 Å². The van der Waals surface area contributed by atoms with Crippen molar-refractivity contribution in [3.63, 3.8) is 0 Å². The number of benzene rings is 1. The second kappa shape index (κ2) is 3.60. The molecule has 0 aromatic heterocycles. The fourth-order valence-corrected chi connectivity index (χ4v) is 2.60. The van der Waals surface area contributed by atoms with Crippen molar-refractivity contribution in [2.45, 2.75) is 4.90 Å². The Hall–Kier alpha value is -0.320. The SMILES string of the molecule is Oc1ccc([SH]=P(O)(O)O)cc1. The third-order valence-electron chi connectivity index (χ3n) is 1.10. The Bertz CT molecular complexity index is 307. The summed E-state index contributed by atoms with van der Waals surface area (Å²) < 4.78 is 0. The first-order valence-corrected chi connectivity index (χ1v) is 6.32. The second-order valence-corrected chi connectivity index (χ2v) is 6.15. The topological polar surface area (TPSA) is 80.9 Å². The minimum atomic E-state index is -3.76. The van der Waals surface area contributed by atoms with Crippen LogP contribution in [-0.4, -0.2) is 19.8 Å². The van der Waals surface area contributed by atoms with Gasteiger partial charge in [0, 0.05) is 4.90 Å². The summed E-state index contributed by atoms with van der Waals surface area (Å²) in [5.74, 6) is 0.103. The molecular formula is C6H9O4PS. The number of aromatic hydroxyl groups is 1. The first kappa shape index (κ1) is 9.77. The van der Waals surface area contributed by atoms with Crippen LogP contribution in [0, 0.1) is 0 Å². The Morgan fingerprint density at radius 3 is 1.92 bits per heavy atom. The van der Waals surface area contributed by atoms with Crippen molar-refractivity contribution in [1.82, 2.24) is 0 Å². The quantitative estimate of drug-likeness (QED) is 0.338. The highest BCUT2D eigenvalue weighted by Crippen LogP contribution is 2.33.